The molecule has 1 saturated heterocycles. The number of anilines is 2. The highest BCUT2D eigenvalue weighted by atomic mass is 16.5. The van der Waals surface area contributed by atoms with Crippen molar-refractivity contribution in [3.63, 3.8) is 0 Å². The highest BCUT2D eigenvalue weighted by Gasteiger charge is 2.21. The van der Waals surface area contributed by atoms with Crippen LogP contribution in [0, 0.1) is 5.92 Å². The second kappa shape index (κ2) is 7.69. The van der Waals surface area contributed by atoms with Gasteiger partial charge in [-0.15, -0.1) is 0 Å². The molecule has 0 aromatic carbocycles. The quantitative estimate of drug-likeness (QED) is 0.887. The van der Waals surface area contributed by atoms with Gasteiger partial charge < -0.3 is 15.4 Å². The van der Waals surface area contributed by atoms with Crippen molar-refractivity contribution in [2.24, 2.45) is 5.92 Å². The Bertz CT molecular complexity index is 625. The van der Waals surface area contributed by atoms with Crippen molar-refractivity contribution >= 4 is 17.4 Å². The van der Waals surface area contributed by atoms with Crippen LogP contribution >= 0.6 is 0 Å². The zero-order valence-electron chi connectivity index (χ0n) is 12.9. The maximum atomic E-state index is 12.1. The van der Waals surface area contributed by atoms with Crippen LogP contribution in [0.2, 0.25) is 0 Å². The maximum Gasteiger partial charge on any atom is 0.227 e. The number of pyridine rings is 2. The van der Waals surface area contributed by atoms with Crippen LogP contribution in [0.1, 0.15) is 18.4 Å². The summed E-state index contributed by atoms with van der Waals surface area (Å²) in [5, 5.41) is 6.14. The zero-order valence-corrected chi connectivity index (χ0v) is 12.9. The number of ether oxygens (including phenoxy) is 1. The van der Waals surface area contributed by atoms with E-state index in [2.05, 4.69) is 20.6 Å². The van der Waals surface area contributed by atoms with Gasteiger partial charge in [-0.05, 0) is 36.6 Å². The molecule has 1 aliphatic rings. The third kappa shape index (κ3) is 4.50. The van der Waals surface area contributed by atoms with E-state index in [9.17, 15) is 4.79 Å². The van der Waals surface area contributed by atoms with Crippen LogP contribution in [0.25, 0.3) is 0 Å². The number of hydrogen-bond acceptors (Lipinski definition) is 5. The van der Waals surface area contributed by atoms with Gasteiger partial charge in [0, 0.05) is 38.1 Å². The number of carbonyl (C=O) groups is 1. The largest absolute Gasteiger partial charge is 0.381 e. The van der Waals surface area contributed by atoms with Crippen LogP contribution in [0.15, 0.2) is 42.9 Å². The van der Waals surface area contributed by atoms with Gasteiger partial charge in [0.25, 0.3) is 0 Å². The number of amides is 1. The van der Waals surface area contributed by atoms with Crippen molar-refractivity contribution in [1.82, 2.24) is 9.97 Å². The third-order valence-electron chi connectivity index (χ3n) is 3.82. The van der Waals surface area contributed by atoms with Gasteiger partial charge in [0.1, 0.15) is 5.82 Å². The Morgan fingerprint density at radius 1 is 1.22 bits per heavy atom. The molecule has 0 atom stereocenters. The molecule has 0 saturated carbocycles. The molecule has 23 heavy (non-hydrogen) atoms. The molecule has 0 spiro atoms. The lowest BCUT2D eigenvalue weighted by Gasteiger charge is -2.21. The summed E-state index contributed by atoms with van der Waals surface area (Å²) in [6.45, 7) is 1.98. The SMILES string of the molecule is O=C(Nc1ccc(NCc2cccnc2)nc1)C1CCOCC1. The first-order valence-electron chi connectivity index (χ1n) is 7.79. The molecule has 0 unspecified atom stereocenters. The summed E-state index contributed by atoms with van der Waals surface area (Å²) < 4.78 is 5.27. The summed E-state index contributed by atoms with van der Waals surface area (Å²) in [5.74, 6) is 0.844. The molecular weight excluding hydrogens is 292 g/mol. The molecule has 0 bridgehead atoms. The number of rotatable bonds is 5. The summed E-state index contributed by atoms with van der Waals surface area (Å²) in [4.78, 5) is 20.5. The van der Waals surface area contributed by atoms with E-state index in [0.717, 1.165) is 24.2 Å². The van der Waals surface area contributed by atoms with Crippen LogP contribution < -0.4 is 10.6 Å². The molecule has 2 N–H and O–H groups in total. The van der Waals surface area contributed by atoms with Crippen LogP contribution in [-0.4, -0.2) is 29.1 Å². The van der Waals surface area contributed by atoms with E-state index >= 15 is 0 Å². The Balaban J connectivity index is 1.51. The molecule has 1 amide bonds. The van der Waals surface area contributed by atoms with E-state index in [4.69, 9.17) is 4.74 Å². The molecule has 0 aliphatic carbocycles. The molecular formula is C17H20N4O2. The smallest absolute Gasteiger partial charge is 0.227 e. The molecule has 3 heterocycles. The molecule has 2 aromatic rings. The van der Waals surface area contributed by atoms with Gasteiger partial charge in [0.2, 0.25) is 5.91 Å². The summed E-state index contributed by atoms with van der Waals surface area (Å²) in [6, 6.07) is 7.62. The Hall–Kier alpha value is -2.47. The van der Waals surface area contributed by atoms with Gasteiger partial charge in [-0.1, -0.05) is 6.07 Å². The Morgan fingerprint density at radius 2 is 2.09 bits per heavy atom. The fourth-order valence-corrected chi connectivity index (χ4v) is 2.47. The summed E-state index contributed by atoms with van der Waals surface area (Å²) >= 11 is 0. The molecule has 1 fully saturated rings. The third-order valence-corrected chi connectivity index (χ3v) is 3.82. The molecule has 120 valence electrons. The number of carbonyl (C=O) groups excluding carboxylic acids is 1. The lowest BCUT2D eigenvalue weighted by molar-refractivity contribution is -0.122. The molecule has 0 radical (unpaired) electrons. The number of nitrogens with zero attached hydrogens (tertiary/aromatic N) is 2. The first-order valence-corrected chi connectivity index (χ1v) is 7.79. The molecule has 6 nitrogen and oxygen atoms in total. The van der Waals surface area contributed by atoms with Crippen molar-refractivity contribution in [2.75, 3.05) is 23.8 Å². The Morgan fingerprint density at radius 3 is 2.78 bits per heavy atom. The van der Waals surface area contributed by atoms with Crippen LogP contribution in [0.3, 0.4) is 0 Å². The van der Waals surface area contributed by atoms with Gasteiger partial charge in [-0.25, -0.2) is 4.98 Å². The van der Waals surface area contributed by atoms with Crippen LogP contribution in [0.4, 0.5) is 11.5 Å². The van der Waals surface area contributed by atoms with Crippen molar-refractivity contribution in [1.29, 1.82) is 0 Å². The van der Waals surface area contributed by atoms with Crippen molar-refractivity contribution in [3.8, 4) is 0 Å². The Labute approximate surface area is 135 Å². The lowest BCUT2D eigenvalue weighted by atomic mass is 9.99. The van der Waals surface area contributed by atoms with Gasteiger partial charge >= 0.3 is 0 Å². The molecule has 3 rings (SSSR count). The minimum absolute atomic E-state index is 0.0344. The predicted molar refractivity (Wildman–Crippen MR) is 88.0 cm³/mol. The van der Waals surface area contributed by atoms with E-state index in [-0.39, 0.29) is 11.8 Å². The topological polar surface area (TPSA) is 76.1 Å². The fourth-order valence-electron chi connectivity index (χ4n) is 2.47. The monoisotopic (exact) mass is 312 g/mol. The van der Waals surface area contributed by atoms with Gasteiger partial charge in [0.05, 0.1) is 11.9 Å². The average Bonchev–Trinajstić information content (AvgIpc) is 2.63. The van der Waals surface area contributed by atoms with E-state index in [0.29, 0.717) is 25.4 Å². The Kier molecular flexibility index (Phi) is 5.16. The fraction of sp³-hybridized carbons (Fsp3) is 0.353. The minimum Gasteiger partial charge on any atom is -0.381 e. The first-order chi connectivity index (χ1) is 11.3. The van der Waals surface area contributed by atoms with Gasteiger partial charge in [0.15, 0.2) is 0 Å². The first kappa shape index (κ1) is 15.4. The highest BCUT2D eigenvalue weighted by Crippen LogP contribution is 2.18. The molecule has 2 aromatic heterocycles. The predicted octanol–water partition coefficient (Wildman–Crippen LogP) is 2.45. The maximum absolute atomic E-state index is 12.1. The number of hydrogen-bond donors (Lipinski definition) is 2. The van der Waals surface area contributed by atoms with Crippen molar-refractivity contribution < 1.29 is 9.53 Å². The minimum atomic E-state index is 0.0344. The average molecular weight is 312 g/mol. The van der Waals surface area contributed by atoms with E-state index in [1.165, 1.54) is 0 Å². The van der Waals surface area contributed by atoms with E-state index < -0.39 is 0 Å². The summed E-state index contributed by atoms with van der Waals surface area (Å²) in [6.07, 6.45) is 6.80. The second-order valence-corrected chi connectivity index (χ2v) is 5.52. The van der Waals surface area contributed by atoms with Crippen molar-refractivity contribution in [3.05, 3.63) is 48.4 Å². The number of nitrogens with one attached hydrogen (secondary N) is 2. The lowest BCUT2D eigenvalue weighted by Crippen LogP contribution is -2.28. The summed E-state index contributed by atoms with van der Waals surface area (Å²) in [7, 11) is 0. The van der Waals surface area contributed by atoms with Crippen LogP contribution in [0.5, 0.6) is 0 Å². The molecule has 1 aliphatic heterocycles. The van der Waals surface area contributed by atoms with Crippen LogP contribution in [-0.2, 0) is 16.1 Å². The zero-order chi connectivity index (χ0) is 15.9. The number of aromatic nitrogens is 2. The van der Waals surface area contributed by atoms with Gasteiger partial charge in [-0.3, -0.25) is 9.78 Å². The van der Waals surface area contributed by atoms with Crippen molar-refractivity contribution in [2.45, 2.75) is 19.4 Å². The highest BCUT2D eigenvalue weighted by molar-refractivity contribution is 5.92. The second-order valence-electron chi connectivity index (χ2n) is 5.52. The van der Waals surface area contributed by atoms with E-state index in [1.807, 2.05) is 30.5 Å². The summed E-state index contributed by atoms with van der Waals surface area (Å²) in [5.41, 5.74) is 1.81. The van der Waals surface area contributed by atoms with Gasteiger partial charge in [-0.2, -0.15) is 0 Å². The standard InChI is InChI=1S/C17H20N4O2/c22-17(14-5-8-23-9-6-14)21-15-3-4-16(20-12-15)19-11-13-2-1-7-18-10-13/h1-4,7,10,12,14H,5-6,8-9,11H2,(H,19,20)(H,21,22). The normalized spacial score (nSPS) is 15.1. The van der Waals surface area contributed by atoms with E-state index in [1.54, 1.807) is 12.4 Å². The molecule has 6 heteroatoms.